The number of hydrogen-bond acceptors (Lipinski definition) is 4. The molecule has 6 heteroatoms. The van der Waals surface area contributed by atoms with Gasteiger partial charge in [0.25, 0.3) is 5.91 Å². The Kier molecular flexibility index (Phi) is 6.26. The number of carbonyl (C=O) groups is 2. The van der Waals surface area contributed by atoms with Gasteiger partial charge in [0.1, 0.15) is 9.88 Å². The minimum atomic E-state index is 0.0669. The Hall–Kier alpha value is -2.21. The first-order chi connectivity index (χ1) is 12.9. The number of nitrogens with zero attached hydrogens (tertiary/aromatic N) is 2. The van der Waals surface area contributed by atoms with E-state index >= 15 is 0 Å². The summed E-state index contributed by atoms with van der Waals surface area (Å²) in [5.74, 6) is 0.535. The highest BCUT2D eigenvalue weighted by atomic mass is 32.1. The molecule has 0 unspecified atom stereocenters. The van der Waals surface area contributed by atoms with Gasteiger partial charge in [0.15, 0.2) is 0 Å². The molecule has 1 aromatic carbocycles. The van der Waals surface area contributed by atoms with Gasteiger partial charge in [0.05, 0.1) is 5.69 Å². The molecule has 1 aliphatic heterocycles. The van der Waals surface area contributed by atoms with E-state index in [4.69, 9.17) is 0 Å². The van der Waals surface area contributed by atoms with Gasteiger partial charge in [0, 0.05) is 31.1 Å². The summed E-state index contributed by atoms with van der Waals surface area (Å²) in [4.78, 5) is 32.1. The quantitative estimate of drug-likeness (QED) is 0.849. The van der Waals surface area contributed by atoms with Gasteiger partial charge in [-0.25, -0.2) is 4.98 Å². The van der Waals surface area contributed by atoms with Gasteiger partial charge in [0.2, 0.25) is 5.91 Å². The Bertz CT molecular complexity index is 793. The van der Waals surface area contributed by atoms with Crippen LogP contribution in [0.1, 0.15) is 48.5 Å². The largest absolute Gasteiger partial charge is 0.354 e. The predicted octanol–water partition coefficient (Wildman–Crippen LogP) is 3.89. The number of hydrogen-bond donors (Lipinski definition) is 1. The summed E-state index contributed by atoms with van der Waals surface area (Å²) in [6.45, 7) is 7.26. The van der Waals surface area contributed by atoms with Crippen molar-refractivity contribution in [1.82, 2.24) is 15.2 Å². The molecule has 0 saturated carbocycles. The second-order valence-electron chi connectivity index (χ2n) is 7.46. The van der Waals surface area contributed by atoms with E-state index in [1.165, 1.54) is 11.3 Å². The van der Waals surface area contributed by atoms with E-state index in [-0.39, 0.29) is 17.9 Å². The van der Waals surface area contributed by atoms with E-state index in [0.29, 0.717) is 25.4 Å². The Balaban J connectivity index is 1.60. The van der Waals surface area contributed by atoms with Crippen LogP contribution in [0, 0.1) is 12.8 Å². The molecule has 1 N–H and O–H groups in total. The number of carbonyl (C=O) groups excluding carboxylic acids is 2. The Morgan fingerprint density at radius 1 is 1.22 bits per heavy atom. The molecule has 27 heavy (non-hydrogen) atoms. The SMILES string of the molecule is Cc1nc(-c2ccccc2)sc1C(=O)N1CCC(CC(=O)NC(C)C)CC1. The molecule has 0 spiro atoms. The molecule has 2 amide bonds. The number of rotatable bonds is 5. The molecule has 1 saturated heterocycles. The summed E-state index contributed by atoms with van der Waals surface area (Å²) in [5, 5.41) is 3.84. The summed E-state index contributed by atoms with van der Waals surface area (Å²) >= 11 is 1.47. The van der Waals surface area contributed by atoms with Crippen molar-refractivity contribution in [3.8, 4) is 10.6 Å². The highest BCUT2D eigenvalue weighted by Gasteiger charge is 2.27. The molecule has 1 fully saturated rings. The summed E-state index contributed by atoms with van der Waals surface area (Å²) in [6.07, 6.45) is 2.30. The lowest BCUT2D eigenvalue weighted by atomic mass is 9.93. The Morgan fingerprint density at radius 3 is 2.52 bits per heavy atom. The van der Waals surface area contributed by atoms with Crippen LogP contribution < -0.4 is 5.32 Å². The van der Waals surface area contributed by atoms with Crippen LogP contribution >= 0.6 is 11.3 Å². The summed E-state index contributed by atoms with van der Waals surface area (Å²) < 4.78 is 0. The first kappa shape index (κ1) is 19.5. The van der Waals surface area contributed by atoms with Gasteiger partial charge in [-0.2, -0.15) is 0 Å². The molecule has 1 aromatic heterocycles. The fraction of sp³-hybridized carbons (Fsp3) is 0.476. The third-order valence-corrected chi connectivity index (χ3v) is 6.03. The molecule has 0 aliphatic carbocycles. The molecule has 2 aromatic rings. The average Bonchev–Trinajstić information content (AvgIpc) is 3.03. The van der Waals surface area contributed by atoms with Crippen LogP contribution in [-0.2, 0) is 4.79 Å². The van der Waals surface area contributed by atoms with Crippen molar-refractivity contribution < 1.29 is 9.59 Å². The number of aromatic nitrogens is 1. The molecule has 0 radical (unpaired) electrons. The summed E-state index contributed by atoms with van der Waals surface area (Å²) in [5.41, 5.74) is 1.84. The van der Waals surface area contributed by atoms with Crippen molar-refractivity contribution in [2.45, 2.75) is 46.1 Å². The van der Waals surface area contributed by atoms with Crippen molar-refractivity contribution in [3.63, 3.8) is 0 Å². The molecular formula is C21H27N3O2S. The molecule has 5 nitrogen and oxygen atoms in total. The van der Waals surface area contributed by atoms with Crippen LogP contribution in [0.3, 0.4) is 0 Å². The zero-order valence-corrected chi connectivity index (χ0v) is 17.0. The van der Waals surface area contributed by atoms with Gasteiger partial charge >= 0.3 is 0 Å². The number of piperidine rings is 1. The van der Waals surface area contributed by atoms with E-state index in [2.05, 4.69) is 10.3 Å². The van der Waals surface area contributed by atoms with E-state index in [1.807, 2.05) is 56.0 Å². The molecular weight excluding hydrogens is 358 g/mol. The van der Waals surface area contributed by atoms with Gasteiger partial charge < -0.3 is 10.2 Å². The van der Waals surface area contributed by atoms with Gasteiger partial charge in [-0.3, -0.25) is 9.59 Å². The molecule has 3 rings (SSSR count). The predicted molar refractivity (Wildman–Crippen MR) is 109 cm³/mol. The maximum atomic E-state index is 13.0. The van der Waals surface area contributed by atoms with E-state index in [1.54, 1.807) is 0 Å². The smallest absolute Gasteiger partial charge is 0.265 e. The van der Waals surface area contributed by atoms with Crippen molar-refractivity contribution in [1.29, 1.82) is 0 Å². The maximum absolute atomic E-state index is 13.0. The number of amides is 2. The number of benzene rings is 1. The van der Waals surface area contributed by atoms with Crippen LogP contribution in [0.2, 0.25) is 0 Å². The number of nitrogens with one attached hydrogen (secondary N) is 1. The normalized spacial score (nSPS) is 15.2. The van der Waals surface area contributed by atoms with E-state index < -0.39 is 0 Å². The topological polar surface area (TPSA) is 62.3 Å². The molecule has 1 aliphatic rings. The maximum Gasteiger partial charge on any atom is 0.265 e. The first-order valence-corrected chi connectivity index (χ1v) is 10.4. The molecule has 0 bridgehead atoms. The summed E-state index contributed by atoms with van der Waals surface area (Å²) in [7, 11) is 0. The first-order valence-electron chi connectivity index (χ1n) is 9.55. The van der Waals surface area contributed by atoms with Crippen LogP contribution in [0.15, 0.2) is 30.3 Å². The third kappa shape index (κ3) is 4.95. The van der Waals surface area contributed by atoms with Crippen molar-refractivity contribution >= 4 is 23.2 Å². The lowest BCUT2D eigenvalue weighted by Crippen LogP contribution is -2.40. The van der Waals surface area contributed by atoms with Crippen LogP contribution in [0.4, 0.5) is 0 Å². The van der Waals surface area contributed by atoms with Crippen molar-refractivity contribution in [3.05, 3.63) is 40.9 Å². The zero-order chi connectivity index (χ0) is 19.4. The van der Waals surface area contributed by atoms with Crippen LogP contribution in [-0.4, -0.2) is 40.8 Å². The number of aryl methyl sites for hydroxylation is 1. The minimum absolute atomic E-state index is 0.0669. The minimum Gasteiger partial charge on any atom is -0.354 e. The molecule has 2 heterocycles. The molecule has 0 atom stereocenters. The monoisotopic (exact) mass is 385 g/mol. The third-order valence-electron chi connectivity index (χ3n) is 4.84. The van der Waals surface area contributed by atoms with Crippen LogP contribution in [0.5, 0.6) is 0 Å². The second-order valence-corrected chi connectivity index (χ2v) is 8.46. The molecule has 144 valence electrons. The fourth-order valence-corrected chi connectivity index (χ4v) is 4.47. The summed E-state index contributed by atoms with van der Waals surface area (Å²) in [6, 6.07) is 10.1. The van der Waals surface area contributed by atoms with Gasteiger partial charge in [-0.15, -0.1) is 11.3 Å². The van der Waals surface area contributed by atoms with Gasteiger partial charge in [-0.1, -0.05) is 30.3 Å². The van der Waals surface area contributed by atoms with Crippen LogP contribution in [0.25, 0.3) is 10.6 Å². The average molecular weight is 386 g/mol. The second kappa shape index (κ2) is 8.65. The lowest BCUT2D eigenvalue weighted by Gasteiger charge is -2.31. The van der Waals surface area contributed by atoms with Crippen molar-refractivity contribution in [2.75, 3.05) is 13.1 Å². The lowest BCUT2D eigenvalue weighted by molar-refractivity contribution is -0.122. The highest BCUT2D eigenvalue weighted by Crippen LogP contribution is 2.30. The Labute approximate surface area is 164 Å². The fourth-order valence-electron chi connectivity index (χ4n) is 3.43. The van der Waals surface area contributed by atoms with Crippen molar-refractivity contribution in [2.24, 2.45) is 5.92 Å². The number of thiazole rings is 1. The standard InChI is InChI=1S/C21H27N3O2S/c1-14(2)22-18(25)13-16-9-11-24(12-10-16)21(26)19-15(3)23-20(27-19)17-7-5-4-6-8-17/h4-8,14,16H,9-13H2,1-3H3,(H,22,25). The van der Waals surface area contributed by atoms with E-state index in [9.17, 15) is 9.59 Å². The highest BCUT2D eigenvalue weighted by molar-refractivity contribution is 7.17. The van der Waals surface area contributed by atoms with Gasteiger partial charge in [-0.05, 0) is 39.5 Å². The Morgan fingerprint density at radius 2 is 1.89 bits per heavy atom. The zero-order valence-electron chi connectivity index (χ0n) is 16.2. The van der Waals surface area contributed by atoms with E-state index in [0.717, 1.165) is 34.0 Å². The number of likely N-dealkylation sites (tertiary alicyclic amines) is 1.